The molecule has 0 spiro atoms. The molecule has 0 N–H and O–H groups in total. The van der Waals surface area contributed by atoms with Crippen molar-refractivity contribution in [3.8, 4) is 5.75 Å². The largest absolute Gasteiger partial charge is 0.483 e. The molecule has 0 aliphatic heterocycles. The molecule has 0 atom stereocenters. The van der Waals surface area contributed by atoms with Crippen LogP contribution in [-0.2, 0) is 22.6 Å². The van der Waals surface area contributed by atoms with Gasteiger partial charge >= 0.3 is 5.97 Å². The number of hydrogen-bond acceptors (Lipinski definition) is 3. The molecule has 0 heterocycles. The quantitative estimate of drug-likeness (QED) is 0.537. The lowest BCUT2D eigenvalue weighted by atomic mass is 10.1. The number of benzene rings is 3. The van der Waals surface area contributed by atoms with Crippen molar-refractivity contribution in [3.63, 3.8) is 0 Å². The van der Waals surface area contributed by atoms with Gasteiger partial charge in [0.25, 0.3) is 0 Å². The highest BCUT2D eigenvalue weighted by molar-refractivity contribution is 5.82. The van der Waals surface area contributed by atoms with Crippen molar-refractivity contribution in [1.29, 1.82) is 0 Å². The van der Waals surface area contributed by atoms with E-state index in [0.29, 0.717) is 5.56 Å². The number of carbonyl (C=O) groups excluding carboxylic acids is 1. The second-order valence-electron chi connectivity index (χ2n) is 6.16. The molecule has 3 nitrogen and oxygen atoms in total. The predicted octanol–water partition coefficient (Wildman–Crippen LogP) is 5.19. The van der Waals surface area contributed by atoms with E-state index in [1.807, 2.05) is 42.5 Å². The zero-order chi connectivity index (χ0) is 19.2. The summed E-state index contributed by atoms with van der Waals surface area (Å²) in [4.78, 5) is 11.4. The zero-order valence-electron chi connectivity index (χ0n) is 15.0. The van der Waals surface area contributed by atoms with Crippen LogP contribution in [0, 0.1) is 11.6 Å². The fourth-order valence-corrected chi connectivity index (χ4v) is 2.86. The van der Waals surface area contributed by atoms with E-state index >= 15 is 0 Å². The molecule has 0 unspecified atom stereocenters. The van der Waals surface area contributed by atoms with E-state index in [4.69, 9.17) is 9.47 Å². The van der Waals surface area contributed by atoms with Crippen LogP contribution < -0.4 is 4.74 Å². The van der Waals surface area contributed by atoms with Crippen LogP contribution >= 0.6 is 0 Å². The maximum atomic E-state index is 14.3. The fourth-order valence-electron chi connectivity index (χ4n) is 2.86. The number of esters is 1. The third-order valence-corrected chi connectivity index (χ3v) is 4.18. The van der Waals surface area contributed by atoms with Crippen molar-refractivity contribution >= 4 is 16.7 Å². The van der Waals surface area contributed by atoms with E-state index in [-0.39, 0.29) is 26.1 Å². The fraction of sp³-hybridized carbons (Fsp3) is 0.227. The highest BCUT2D eigenvalue weighted by atomic mass is 19.1. The molecule has 0 saturated carbocycles. The van der Waals surface area contributed by atoms with Gasteiger partial charge in [-0.3, -0.25) is 4.79 Å². The van der Waals surface area contributed by atoms with Gasteiger partial charge in [-0.15, -0.1) is 0 Å². The molecule has 0 fully saturated rings. The Morgan fingerprint density at radius 1 is 0.926 bits per heavy atom. The monoisotopic (exact) mass is 370 g/mol. The topological polar surface area (TPSA) is 35.5 Å². The molecular formula is C22H20F2O3. The molecule has 5 heteroatoms. The second-order valence-corrected chi connectivity index (χ2v) is 6.16. The Morgan fingerprint density at radius 2 is 1.63 bits per heavy atom. The average molecular weight is 370 g/mol. The first kappa shape index (κ1) is 18.8. The lowest BCUT2D eigenvalue weighted by molar-refractivity contribution is -0.143. The number of aryl methyl sites for hydroxylation is 1. The summed E-state index contributed by atoms with van der Waals surface area (Å²) in [5.41, 5.74) is 1.20. The van der Waals surface area contributed by atoms with E-state index in [1.54, 1.807) is 6.92 Å². The molecule has 0 aromatic heterocycles. The summed E-state index contributed by atoms with van der Waals surface area (Å²) in [6, 6.07) is 16.0. The van der Waals surface area contributed by atoms with Crippen LogP contribution in [0.3, 0.4) is 0 Å². The Bertz CT molecular complexity index is 930. The first-order valence-electron chi connectivity index (χ1n) is 8.81. The SMILES string of the molecule is CCOC(=O)CCc1cc(F)c(OCc2ccc3ccccc3c2)c(F)c1. The van der Waals surface area contributed by atoms with Gasteiger partial charge in [0.05, 0.1) is 6.61 Å². The van der Waals surface area contributed by atoms with Crippen LogP contribution in [0.5, 0.6) is 5.75 Å². The molecule has 0 saturated heterocycles. The third-order valence-electron chi connectivity index (χ3n) is 4.18. The van der Waals surface area contributed by atoms with Gasteiger partial charge in [-0.05, 0) is 53.4 Å². The van der Waals surface area contributed by atoms with Crippen molar-refractivity contribution in [1.82, 2.24) is 0 Å². The van der Waals surface area contributed by atoms with Crippen LogP contribution in [0.15, 0.2) is 54.6 Å². The van der Waals surface area contributed by atoms with Crippen molar-refractivity contribution in [2.24, 2.45) is 0 Å². The maximum Gasteiger partial charge on any atom is 0.306 e. The third kappa shape index (κ3) is 4.82. The Balaban J connectivity index is 1.68. The summed E-state index contributed by atoms with van der Waals surface area (Å²) in [5, 5.41) is 2.12. The normalized spacial score (nSPS) is 10.8. The summed E-state index contributed by atoms with van der Waals surface area (Å²) >= 11 is 0. The lowest BCUT2D eigenvalue weighted by Crippen LogP contribution is -2.06. The maximum absolute atomic E-state index is 14.3. The van der Waals surface area contributed by atoms with Gasteiger partial charge in [-0.1, -0.05) is 36.4 Å². The highest BCUT2D eigenvalue weighted by Gasteiger charge is 2.14. The summed E-state index contributed by atoms with van der Waals surface area (Å²) in [6.45, 7) is 2.04. The summed E-state index contributed by atoms with van der Waals surface area (Å²) < 4.78 is 38.7. The smallest absolute Gasteiger partial charge is 0.306 e. The number of rotatable bonds is 7. The summed E-state index contributed by atoms with van der Waals surface area (Å²) in [5.74, 6) is -2.37. The Labute approximate surface area is 156 Å². The number of hydrogen-bond donors (Lipinski definition) is 0. The van der Waals surface area contributed by atoms with Gasteiger partial charge in [-0.25, -0.2) is 8.78 Å². The number of ether oxygens (including phenoxy) is 2. The van der Waals surface area contributed by atoms with Crippen LogP contribution in [0.1, 0.15) is 24.5 Å². The second kappa shape index (κ2) is 8.62. The Kier molecular flexibility index (Phi) is 6.01. The molecule has 0 amide bonds. The minimum Gasteiger partial charge on any atom is -0.483 e. The van der Waals surface area contributed by atoms with Crippen LogP contribution in [0.4, 0.5) is 8.78 Å². The van der Waals surface area contributed by atoms with Gasteiger partial charge in [0.2, 0.25) is 0 Å². The predicted molar refractivity (Wildman–Crippen MR) is 99.6 cm³/mol. The lowest BCUT2D eigenvalue weighted by Gasteiger charge is -2.11. The van der Waals surface area contributed by atoms with Crippen LogP contribution in [-0.4, -0.2) is 12.6 Å². The number of fused-ring (bicyclic) bond motifs is 1. The molecule has 0 radical (unpaired) electrons. The van der Waals surface area contributed by atoms with Crippen molar-refractivity contribution < 1.29 is 23.0 Å². The van der Waals surface area contributed by atoms with E-state index in [0.717, 1.165) is 16.3 Å². The van der Waals surface area contributed by atoms with Gasteiger partial charge in [0, 0.05) is 6.42 Å². The summed E-state index contributed by atoms with van der Waals surface area (Å²) in [6.07, 6.45) is 0.279. The standard InChI is InChI=1S/C22H20F2O3/c1-2-26-21(25)10-8-15-12-19(23)22(20(24)13-15)27-14-16-7-9-17-5-3-4-6-18(17)11-16/h3-7,9,11-13H,2,8,10,14H2,1H3. The molecule has 3 rings (SSSR count). The van der Waals surface area contributed by atoms with Crippen LogP contribution in [0.25, 0.3) is 10.8 Å². The van der Waals surface area contributed by atoms with Gasteiger partial charge in [-0.2, -0.15) is 0 Å². The van der Waals surface area contributed by atoms with Crippen molar-refractivity contribution in [2.45, 2.75) is 26.4 Å². The van der Waals surface area contributed by atoms with Crippen molar-refractivity contribution in [2.75, 3.05) is 6.61 Å². The minimum atomic E-state index is -0.783. The Morgan fingerprint density at radius 3 is 2.33 bits per heavy atom. The first-order valence-corrected chi connectivity index (χ1v) is 8.81. The highest BCUT2D eigenvalue weighted by Crippen LogP contribution is 2.25. The van der Waals surface area contributed by atoms with Crippen molar-refractivity contribution in [3.05, 3.63) is 77.4 Å². The van der Waals surface area contributed by atoms with E-state index in [9.17, 15) is 13.6 Å². The average Bonchev–Trinajstić information content (AvgIpc) is 2.66. The number of carbonyl (C=O) groups is 1. The molecular weight excluding hydrogens is 350 g/mol. The molecule has 140 valence electrons. The number of halogens is 2. The minimum absolute atomic E-state index is 0.0564. The van der Waals surface area contributed by atoms with Gasteiger partial charge < -0.3 is 9.47 Å². The molecule has 0 aliphatic carbocycles. The van der Waals surface area contributed by atoms with E-state index in [1.165, 1.54) is 12.1 Å². The van der Waals surface area contributed by atoms with Gasteiger partial charge in [0.15, 0.2) is 17.4 Å². The summed E-state index contributed by atoms with van der Waals surface area (Å²) in [7, 11) is 0. The molecule has 0 aliphatic rings. The zero-order valence-corrected chi connectivity index (χ0v) is 15.0. The molecule has 0 bridgehead atoms. The van der Waals surface area contributed by atoms with E-state index in [2.05, 4.69) is 0 Å². The Hall–Kier alpha value is -2.95. The molecule has 3 aromatic rings. The van der Waals surface area contributed by atoms with Gasteiger partial charge in [0.1, 0.15) is 6.61 Å². The molecule has 3 aromatic carbocycles. The first-order chi connectivity index (χ1) is 13.1. The van der Waals surface area contributed by atoms with E-state index < -0.39 is 23.4 Å². The molecule has 27 heavy (non-hydrogen) atoms. The van der Waals surface area contributed by atoms with Crippen LogP contribution in [0.2, 0.25) is 0 Å².